The minimum Gasteiger partial charge on any atom is -0.344 e. The van der Waals surface area contributed by atoms with Crippen molar-refractivity contribution in [2.24, 2.45) is 5.92 Å². The van der Waals surface area contributed by atoms with Crippen molar-refractivity contribution in [1.29, 1.82) is 0 Å². The monoisotopic (exact) mass is 393 g/mol. The summed E-state index contributed by atoms with van der Waals surface area (Å²) in [4.78, 5) is 33.1. The Morgan fingerprint density at radius 3 is 2.79 bits per heavy atom. The van der Waals surface area contributed by atoms with Gasteiger partial charge in [-0.1, -0.05) is 32.4 Å². The lowest BCUT2D eigenvalue weighted by Crippen LogP contribution is -2.38. The van der Waals surface area contributed by atoms with Crippen molar-refractivity contribution in [1.82, 2.24) is 25.1 Å². The SMILES string of the molecule is CC(C)[C@H](NC(=O)Cn1nc2c(cc1=O)CCCCC2)c1nc2ccccc2[nH]1. The van der Waals surface area contributed by atoms with Crippen LogP contribution in [0, 0.1) is 5.92 Å². The van der Waals surface area contributed by atoms with Crippen LogP contribution in [-0.4, -0.2) is 25.7 Å². The first-order valence-corrected chi connectivity index (χ1v) is 10.3. The first-order chi connectivity index (χ1) is 14.0. The number of aromatic nitrogens is 4. The third kappa shape index (κ3) is 4.23. The minimum absolute atomic E-state index is 0.0877. The Bertz CT molecular complexity index is 1050. The summed E-state index contributed by atoms with van der Waals surface area (Å²) in [6.45, 7) is 3.98. The molecule has 0 aliphatic heterocycles. The topological polar surface area (TPSA) is 92.7 Å². The van der Waals surface area contributed by atoms with Crippen molar-refractivity contribution in [3.05, 3.63) is 57.8 Å². The molecule has 1 aromatic carbocycles. The molecule has 1 aliphatic rings. The molecule has 1 amide bonds. The number of para-hydroxylation sites is 2. The van der Waals surface area contributed by atoms with Crippen LogP contribution in [0.1, 0.15) is 56.2 Å². The van der Waals surface area contributed by atoms with Gasteiger partial charge in [-0.2, -0.15) is 5.10 Å². The summed E-state index contributed by atoms with van der Waals surface area (Å²) in [6.07, 6.45) is 5.08. The highest BCUT2D eigenvalue weighted by Crippen LogP contribution is 2.22. The molecule has 4 rings (SSSR count). The molecule has 7 heteroatoms. The van der Waals surface area contributed by atoms with Crippen molar-refractivity contribution < 1.29 is 4.79 Å². The van der Waals surface area contributed by atoms with Crippen molar-refractivity contribution in [2.45, 2.75) is 58.5 Å². The third-order valence-corrected chi connectivity index (χ3v) is 5.50. The van der Waals surface area contributed by atoms with E-state index in [1.165, 1.54) is 4.68 Å². The van der Waals surface area contributed by atoms with Crippen molar-refractivity contribution in [3.63, 3.8) is 0 Å². The van der Waals surface area contributed by atoms with Gasteiger partial charge in [0.05, 0.1) is 22.8 Å². The molecule has 0 radical (unpaired) electrons. The van der Waals surface area contributed by atoms with E-state index in [1.807, 2.05) is 38.1 Å². The van der Waals surface area contributed by atoms with Crippen LogP contribution < -0.4 is 10.9 Å². The Kier molecular flexibility index (Phi) is 5.47. The lowest BCUT2D eigenvalue weighted by atomic mass is 10.0. The Balaban J connectivity index is 1.53. The van der Waals surface area contributed by atoms with E-state index in [0.29, 0.717) is 0 Å². The summed E-state index contributed by atoms with van der Waals surface area (Å²) in [6, 6.07) is 9.17. The van der Waals surface area contributed by atoms with E-state index < -0.39 is 0 Å². The summed E-state index contributed by atoms with van der Waals surface area (Å²) in [5, 5.41) is 7.52. The fourth-order valence-corrected chi connectivity index (χ4v) is 3.92. The number of imidazole rings is 1. The fraction of sp³-hybridized carbons (Fsp3) is 0.455. The summed E-state index contributed by atoms with van der Waals surface area (Å²) >= 11 is 0. The quantitative estimate of drug-likeness (QED) is 0.652. The number of aromatic amines is 1. The zero-order chi connectivity index (χ0) is 20.4. The Hall–Kier alpha value is -2.96. The number of carbonyl (C=O) groups excluding carboxylic acids is 1. The van der Waals surface area contributed by atoms with E-state index in [4.69, 9.17) is 0 Å². The molecule has 0 spiro atoms. The van der Waals surface area contributed by atoms with Crippen LogP contribution >= 0.6 is 0 Å². The molecule has 0 saturated carbocycles. The van der Waals surface area contributed by atoms with E-state index >= 15 is 0 Å². The van der Waals surface area contributed by atoms with Gasteiger partial charge < -0.3 is 10.3 Å². The van der Waals surface area contributed by atoms with Crippen LogP contribution in [0.2, 0.25) is 0 Å². The number of carbonyl (C=O) groups is 1. The molecule has 2 heterocycles. The summed E-state index contributed by atoms with van der Waals surface area (Å²) in [5.74, 6) is 0.611. The van der Waals surface area contributed by atoms with Gasteiger partial charge in [0.2, 0.25) is 5.91 Å². The predicted octanol–water partition coefficient (Wildman–Crippen LogP) is 2.90. The Labute approximate surface area is 169 Å². The summed E-state index contributed by atoms with van der Waals surface area (Å²) in [5.41, 5.74) is 3.57. The number of nitrogens with zero attached hydrogens (tertiary/aromatic N) is 3. The van der Waals surface area contributed by atoms with Gasteiger partial charge >= 0.3 is 0 Å². The third-order valence-electron chi connectivity index (χ3n) is 5.50. The van der Waals surface area contributed by atoms with Crippen molar-refractivity contribution in [2.75, 3.05) is 0 Å². The minimum atomic E-state index is -0.272. The van der Waals surface area contributed by atoms with Crippen LogP contribution in [0.5, 0.6) is 0 Å². The Morgan fingerprint density at radius 1 is 1.21 bits per heavy atom. The molecular weight excluding hydrogens is 366 g/mol. The number of hydrogen-bond acceptors (Lipinski definition) is 4. The molecule has 29 heavy (non-hydrogen) atoms. The van der Waals surface area contributed by atoms with E-state index in [1.54, 1.807) is 6.07 Å². The molecule has 3 aromatic rings. The molecular formula is C22H27N5O2. The summed E-state index contributed by atoms with van der Waals surface area (Å²) in [7, 11) is 0. The van der Waals surface area contributed by atoms with Gasteiger partial charge in [-0.05, 0) is 49.3 Å². The van der Waals surface area contributed by atoms with E-state index in [2.05, 4.69) is 20.4 Å². The number of rotatable bonds is 5. The van der Waals surface area contributed by atoms with E-state index in [-0.39, 0.29) is 30.0 Å². The average molecular weight is 393 g/mol. The van der Waals surface area contributed by atoms with Crippen LogP contribution in [0.4, 0.5) is 0 Å². The van der Waals surface area contributed by atoms with Gasteiger partial charge in [-0.3, -0.25) is 9.59 Å². The molecule has 2 N–H and O–H groups in total. The maximum Gasteiger partial charge on any atom is 0.267 e. The Morgan fingerprint density at radius 2 is 2.00 bits per heavy atom. The largest absolute Gasteiger partial charge is 0.344 e. The van der Waals surface area contributed by atoms with Gasteiger partial charge in [0.1, 0.15) is 12.4 Å². The second-order valence-corrected chi connectivity index (χ2v) is 8.10. The first kappa shape index (κ1) is 19.4. The van der Waals surface area contributed by atoms with Crippen LogP contribution in [0.25, 0.3) is 11.0 Å². The molecule has 152 valence electrons. The zero-order valence-electron chi connectivity index (χ0n) is 16.9. The molecule has 2 aromatic heterocycles. The average Bonchev–Trinajstić information content (AvgIpc) is 2.99. The van der Waals surface area contributed by atoms with E-state index in [0.717, 1.165) is 60.2 Å². The van der Waals surface area contributed by atoms with Gasteiger partial charge in [0, 0.05) is 6.07 Å². The second kappa shape index (κ2) is 8.19. The first-order valence-electron chi connectivity index (χ1n) is 10.3. The fourth-order valence-electron chi connectivity index (χ4n) is 3.92. The highest BCUT2D eigenvalue weighted by molar-refractivity contribution is 5.77. The number of aryl methyl sites for hydroxylation is 2. The standard InChI is InChI=1S/C22H27N5O2/c1-14(2)21(22-23-17-10-6-7-11-18(17)24-22)25-19(28)13-27-20(29)12-15-8-4-3-5-9-16(15)26-27/h6-7,10-12,14,21H,3-5,8-9,13H2,1-2H3,(H,23,24)(H,25,28)/t21-/m0/s1. The van der Waals surface area contributed by atoms with Gasteiger partial charge in [0.15, 0.2) is 0 Å². The normalized spacial score (nSPS) is 15.1. The van der Waals surface area contributed by atoms with Crippen molar-refractivity contribution in [3.8, 4) is 0 Å². The van der Waals surface area contributed by atoms with Gasteiger partial charge in [-0.15, -0.1) is 0 Å². The predicted molar refractivity (Wildman–Crippen MR) is 112 cm³/mol. The maximum absolute atomic E-state index is 12.8. The maximum atomic E-state index is 12.8. The molecule has 1 atom stereocenters. The van der Waals surface area contributed by atoms with Gasteiger partial charge in [-0.25, -0.2) is 9.67 Å². The number of fused-ring (bicyclic) bond motifs is 2. The highest BCUT2D eigenvalue weighted by atomic mass is 16.2. The molecule has 0 bridgehead atoms. The molecule has 0 fully saturated rings. The van der Waals surface area contributed by atoms with Crippen LogP contribution in [0.15, 0.2) is 35.1 Å². The smallest absolute Gasteiger partial charge is 0.267 e. The van der Waals surface area contributed by atoms with Crippen LogP contribution in [0.3, 0.4) is 0 Å². The second-order valence-electron chi connectivity index (χ2n) is 8.10. The molecule has 7 nitrogen and oxygen atoms in total. The molecule has 0 unspecified atom stereocenters. The number of amides is 1. The number of nitrogens with one attached hydrogen (secondary N) is 2. The molecule has 1 aliphatic carbocycles. The lowest BCUT2D eigenvalue weighted by Gasteiger charge is -2.20. The van der Waals surface area contributed by atoms with Gasteiger partial charge in [0.25, 0.3) is 5.56 Å². The number of hydrogen-bond donors (Lipinski definition) is 2. The van der Waals surface area contributed by atoms with Crippen molar-refractivity contribution >= 4 is 16.9 Å². The van der Waals surface area contributed by atoms with E-state index in [9.17, 15) is 9.59 Å². The summed E-state index contributed by atoms with van der Waals surface area (Å²) < 4.78 is 1.29. The number of H-pyrrole nitrogens is 1. The zero-order valence-corrected chi connectivity index (χ0v) is 16.9. The number of benzene rings is 1. The lowest BCUT2D eigenvalue weighted by molar-refractivity contribution is -0.123. The van der Waals surface area contributed by atoms with Crippen LogP contribution in [-0.2, 0) is 24.2 Å². The highest BCUT2D eigenvalue weighted by Gasteiger charge is 2.22. The molecule has 0 saturated heterocycles.